The monoisotopic (exact) mass is 748 g/mol. The summed E-state index contributed by atoms with van der Waals surface area (Å²) >= 11 is 0. The number of ether oxygens (including phenoxy) is 2. The summed E-state index contributed by atoms with van der Waals surface area (Å²) in [6.07, 6.45) is 13.3. The minimum atomic E-state index is 0.848. The third-order valence-electron chi connectivity index (χ3n) is 10.4. The molecule has 8 aromatic carbocycles. The van der Waals surface area contributed by atoms with Crippen LogP contribution in [0.3, 0.4) is 0 Å². The smallest absolute Gasteiger partial charge is 0.118 e. The number of hydrogen-bond donors (Lipinski definition) is 0. The third kappa shape index (κ3) is 8.99. The molecule has 8 aromatic rings. The van der Waals surface area contributed by atoms with Crippen LogP contribution < -0.4 is 9.47 Å². The Hall–Kier alpha value is -7.42. The van der Waals surface area contributed by atoms with E-state index >= 15 is 0 Å². The number of methoxy groups -OCH3 is 2. The molecule has 8 rings (SSSR count). The largest absolute Gasteiger partial charge is 0.497 e. The lowest BCUT2D eigenvalue weighted by Crippen LogP contribution is -1.89. The van der Waals surface area contributed by atoms with E-state index in [2.05, 4.69) is 206 Å². The van der Waals surface area contributed by atoms with Crippen molar-refractivity contribution < 1.29 is 9.47 Å². The molecule has 0 aliphatic rings. The molecule has 2 nitrogen and oxygen atoms in total. The average molecular weight is 749 g/mol. The fourth-order valence-corrected chi connectivity index (χ4v) is 7.19. The zero-order valence-corrected chi connectivity index (χ0v) is 32.8. The topological polar surface area (TPSA) is 18.5 Å². The lowest BCUT2D eigenvalue weighted by atomic mass is 9.95. The van der Waals surface area contributed by atoms with Gasteiger partial charge in [-0.2, -0.15) is 0 Å². The molecule has 0 aromatic heterocycles. The highest BCUT2D eigenvalue weighted by molar-refractivity contribution is 5.99. The molecule has 0 heterocycles. The van der Waals surface area contributed by atoms with E-state index in [-0.39, 0.29) is 0 Å². The summed E-state index contributed by atoms with van der Waals surface area (Å²) in [5, 5.41) is 2.44. The summed E-state index contributed by atoms with van der Waals surface area (Å²) < 4.78 is 10.8. The van der Waals surface area contributed by atoms with E-state index in [9.17, 15) is 0 Å². The van der Waals surface area contributed by atoms with Gasteiger partial charge in [-0.15, -0.1) is 0 Å². The van der Waals surface area contributed by atoms with Gasteiger partial charge in [0.15, 0.2) is 0 Å². The fraction of sp³-hybridized carbons (Fsp3) is 0.0357. The van der Waals surface area contributed by atoms with Crippen LogP contribution in [-0.2, 0) is 0 Å². The molecule has 0 atom stereocenters. The second-order valence-corrected chi connectivity index (χ2v) is 14.1. The zero-order valence-electron chi connectivity index (χ0n) is 32.8. The Morgan fingerprint density at radius 1 is 0.310 bits per heavy atom. The molecule has 58 heavy (non-hydrogen) atoms. The molecule has 0 unspecified atom stereocenters. The van der Waals surface area contributed by atoms with Gasteiger partial charge in [-0.25, -0.2) is 0 Å². The highest BCUT2D eigenvalue weighted by Gasteiger charge is 2.08. The predicted octanol–water partition coefficient (Wildman–Crippen LogP) is 14.4. The minimum Gasteiger partial charge on any atom is -0.497 e. The Morgan fingerprint density at radius 3 is 1.00 bits per heavy atom. The maximum absolute atomic E-state index is 5.40. The number of hydrogen-bond acceptors (Lipinski definition) is 2. The predicted molar refractivity (Wildman–Crippen MR) is 248 cm³/mol. The first-order chi connectivity index (χ1) is 28.6. The average Bonchev–Trinajstić information content (AvgIpc) is 3.30. The lowest BCUT2D eigenvalue weighted by Gasteiger charge is -2.10. The molecule has 0 N–H and O–H groups in total. The molecule has 0 aliphatic heterocycles. The summed E-state index contributed by atoms with van der Waals surface area (Å²) in [5.74, 6) is 1.70. The number of rotatable bonds is 12. The van der Waals surface area contributed by atoms with Crippen LogP contribution >= 0.6 is 0 Å². The van der Waals surface area contributed by atoms with Crippen LogP contribution in [0.5, 0.6) is 11.5 Å². The van der Waals surface area contributed by atoms with Crippen LogP contribution in [0, 0.1) is 0 Å². The van der Waals surface area contributed by atoms with Crippen LogP contribution in [0.4, 0.5) is 0 Å². The van der Waals surface area contributed by atoms with Crippen LogP contribution in [0.15, 0.2) is 194 Å². The molecular weight excluding hydrogens is 705 g/mol. The summed E-state index contributed by atoms with van der Waals surface area (Å²) in [6.45, 7) is 0. The van der Waals surface area contributed by atoms with Crippen LogP contribution in [-0.4, -0.2) is 14.2 Å². The van der Waals surface area contributed by atoms with E-state index < -0.39 is 0 Å². The summed E-state index contributed by atoms with van der Waals surface area (Å²) in [5.41, 5.74) is 13.9. The van der Waals surface area contributed by atoms with Crippen molar-refractivity contribution in [2.45, 2.75) is 0 Å². The second kappa shape index (κ2) is 18.0. The molecule has 0 bridgehead atoms. The Bertz CT molecular complexity index is 2530. The molecule has 0 fully saturated rings. The van der Waals surface area contributed by atoms with Crippen molar-refractivity contribution in [2.24, 2.45) is 0 Å². The van der Waals surface area contributed by atoms with E-state index in [0.717, 1.165) is 44.9 Å². The van der Waals surface area contributed by atoms with Gasteiger partial charge >= 0.3 is 0 Å². The van der Waals surface area contributed by atoms with Crippen LogP contribution in [0.1, 0.15) is 55.6 Å². The molecule has 280 valence electrons. The van der Waals surface area contributed by atoms with Gasteiger partial charge in [0.1, 0.15) is 11.5 Å². The number of benzene rings is 8. The van der Waals surface area contributed by atoms with Gasteiger partial charge in [0.25, 0.3) is 0 Å². The SMILES string of the molecule is COc1ccc(/C(=C\c2ccc(/C=C\c3ccc(/C=C\c4ccc(/C=C(/c5ccccc5)c5ccc(OC)cc5)cc4)c4ccccc34)cc2)c2ccccc2)cc1. The Balaban J connectivity index is 1.000. The number of fused-ring (bicyclic) bond motifs is 1. The summed E-state index contributed by atoms with van der Waals surface area (Å²) in [7, 11) is 3.39. The summed E-state index contributed by atoms with van der Waals surface area (Å²) in [6, 6.07) is 68.1. The molecular formula is C56H44O2. The van der Waals surface area contributed by atoms with Crippen molar-refractivity contribution >= 4 is 58.4 Å². The van der Waals surface area contributed by atoms with E-state index in [0.29, 0.717) is 0 Å². The highest BCUT2D eigenvalue weighted by Crippen LogP contribution is 2.31. The Labute approximate surface area is 342 Å². The van der Waals surface area contributed by atoms with Gasteiger partial charge in [-0.3, -0.25) is 0 Å². The van der Waals surface area contributed by atoms with Gasteiger partial charge in [0.2, 0.25) is 0 Å². The maximum Gasteiger partial charge on any atom is 0.118 e. The molecule has 0 radical (unpaired) electrons. The van der Waals surface area contributed by atoms with Gasteiger partial charge in [-0.1, -0.05) is 194 Å². The van der Waals surface area contributed by atoms with E-state index in [1.807, 2.05) is 24.3 Å². The second-order valence-electron chi connectivity index (χ2n) is 14.1. The van der Waals surface area contributed by atoms with Gasteiger partial charge in [-0.05, 0) is 114 Å². The van der Waals surface area contributed by atoms with Crippen molar-refractivity contribution in [3.05, 3.63) is 250 Å². The first-order valence-electron chi connectivity index (χ1n) is 19.5. The van der Waals surface area contributed by atoms with E-state index in [4.69, 9.17) is 9.47 Å². The first-order valence-corrected chi connectivity index (χ1v) is 19.5. The van der Waals surface area contributed by atoms with Crippen molar-refractivity contribution in [3.8, 4) is 11.5 Å². The van der Waals surface area contributed by atoms with Crippen molar-refractivity contribution in [1.29, 1.82) is 0 Å². The Kier molecular flexibility index (Phi) is 11.7. The molecule has 0 saturated heterocycles. The van der Waals surface area contributed by atoms with Crippen molar-refractivity contribution in [3.63, 3.8) is 0 Å². The third-order valence-corrected chi connectivity index (χ3v) is 10.4. The van der Waals surface area contributed by atoms with Crippen LogP contribution in [0.25, 0.3) is 58.4 Å². The van der Waals surface area contributed by atoms with E-state index in [1.54, 1.807) is 14.2 Å². The van der Waals surface area contributed by atoms with E-state index in [1.165, 1.54) is 44.2 Å². The van der Waals surface area contributed by atoms with Crippen molar-refractivity contribution in [1.82, 2.24) is 0 Å². The lowest BCUT2D eigenvalue weighted by molar-refractivity contribution is 0.414. The highest BCUT2D eigenvalue weighted by atomic mass is 16.5. The van der Waals surface area contributed by atoms with Gasteiger partial charge in [0, 0.05) is 0 Å². The zero-order chi connectivity index (χ0) is 39.5. The normalized spacial score (nSPS) is 12.0. The fourth-order valence-electron chi connectivity index (χ4n) is 7.19. The molecule has 0 saturated carbocycles. The summed E-state index contributed by atoms with van der Waals surface area (Å²) in [4.78, 5) is 0. The Morgan fingerprint density at radius 2 is 0.638 bits per heavy atom. The molecule has 0 spiro atoms. The van der Waals surface area contributed by atoms with Gasteiger partial charge in [0.05, 0.1) is 14.2 Å². The van der Waals surface area contributed by atoms with Gasteiger partial charge < -0.3 is 9.47 Å². The maximum atomic E-state index is 5.40. The molecule has 0 aliphatic carbocycles. The minimum absolute atomic E-state index is 0.848. The first kappa shape index (κ1) is 37.5. The molecule has 2 heteroatoms. The molecule has 0 amide bonds. The van der Waals surface area contributed by atoms with Crippen molar-refractivity contribution in [2.75, 3.05) is 14.2 Å². The standard InChI is InChI=1S/C56H44O2/c1-57-51-35-31-49(32-36-51)55(45-11-5-3-6-12-45)39-43-21-17-41(18-22-43)25-27-47-29-30-48(54-16-10-9-15-53(47)54)28-26-42-19-23-44(24-20-42)40-56(46-13-7-4-8-14-46)50-33-37-52(58-2)38-34-50/h3-40H,1-2H3/b27-25-,28-26-,55-39-,56-40-. The quantitative estimate of drug-likeness (QED) is 0.116. The van der Waals surface area contributed by atoms with Crippen LogP contribution in [0.2, 0.25) is 0 Å².